The molecule has 9 heteroatoms. The standard InChI is InChI=1S/C38H36N4O4S/c1-37(2)33(34-39-30(43)23-31(44)41(34)24-25-19-21-29(46-3)22-20-25)42-35(45)32(36(42)47-37)40-38(26-13-7-4-8-14-26,27-15-9-5-10-16-27)28-17-11-6-12-18-28/h4-22,32-33,36,40H,23-24H2,1-3H3. The van der Waals surface area contributed by atoms with Crippen molar-refractivity contribution in [2.45, 2.75) is 54.6 Å². The van der Waals surface area contributed by atoms with Gasteiger partial charge in [0.2, 0.25) is 11.8 Å². The predicted octanol–water partition coefficient (Wildman–Crippen LogP) is 5.37. The van der Waals surface area contributed by atoms with Gasteiger partial charge >= 0.3 is 0 Å². The normalized spacial score (nSPS) is 22.1. The van der Waals surface area contributed by atoms with Crippen molar-refractivity contribution in [2.24, 2.45) is 4.99 Å². The van der Waals surface area contributed by atoms with Crippen LogP contribution < -0.4 is 10.1 Å². The summed E-state index contributed by atoms with van der Waals surface area (Å²) >= 11 is 1.67. The van der Waals surface area contributed by atoms with Crippen molar-refractivity contribution < 1.29 is 19.1 Å². The van der Waals surface area contributed by atoms with Gasteiger partial charge in [0, 0.05) is 4.75 Å². The molecule has 7 rings (SSSR count). The number of hydrogen-bond acceptors (Lipinski definition) is 6. The molecule has 2 fully saturated rings. The van der Waals surface area contributed by atoms with Gasteiger partial charge in [-0.15, -0.1) is 11.8 Å². The molecule has 0 aromatic heterocycles. The molecular formula is C38H36N4O4S. The third-order valence-electron chi connectivity index (χ3n) is 9.30. The lowest BCUT2D eigenvalue weighted by atomic mass is 9.76. The van der Waals surface area contributed by atoms with Gasteiger partial charge in [0.05, 0.1) is 19.2 Å². The van der Waals surface area contributed by atoms with Crippen molar-refractivity contribution in [1.29, 1.82) is 0 Å². The van der Waals surface area contributed by atoms with Crippen molar-refractivity contribution >= 4 is 35.3 Å². The first-order valence-electron chi connectivity index (χ1n) is 15.7. The number of aliphatic imine (C=N–C) groups is 1. The quantitative estimate of drug-likeness (QED) is 0.150. The maximum absolute atomic E-state index is 14.4. The summed E-state index contributed by atoms with van der Waals surface area (Å²) in [4.78, 5) is 48.5. The number of fused-ring (bicyclic) bond motifs is 1. The van der Waals surface area contributed by atoms with Crippen molar-refractivity contribution in [3.8, 4) is 5.75 Å². The van der Waals surface area contributed by atoms with Crippen LogP contribution in [0.3, 0.4) is 0 Å². The number of nitrogens with one attached hydrogen (secondary N) is 1. The second-order valence-electron chi connectivity index (χ2n) is 12.6. The minimum absolute atomic E-state index is 0.0946. The van der Waals surface area contributed by atoms with Crippen LogP contribution in [0.1, 0.15) is 42.5 Å². The molecule has 0 radical (unpaired) electrons. The molecule has 3 atom stereocenters. The van der Waals surface area contributed by atoms with Crippen LogP contribution in [0.2, 0.25) is 0 Å². The molecule has 3 heterocycles. The summed E-state index contributed by atoms with van der Waals surface area (Å²) < 4.78 is 4.76. The van der Waals surface area contributed by atoms with E-state index in [0.717, 1.165) is 22.3 Å². The smallest absolute Gasteiger partial charge is 0.256 e. The van der Waals surface area contributed by atoms with E-state index in [9.17, 15) is 14.4 Å². The van der Waals surface area contributed by atoms with Gasteiger partial charge in [-0.05, 0) is 48.2 Å². The highest BCUT2D eigenvalue weighted by atomic mass is 32.2. The van der Waals surface area contributed by atoms with E-state index in [-0.39, 0.29) is 30.2 Å². The number of nitrogens with zero attached hydrogens (tertiary/aromatic N) is 3. The number of β-lactam (4-membered cyclic amide) rings is 1. The van der Waals surface area contributed by atoms with Gasteiger partial charge in [0.15, 0.2) is 0 Å². The number of hydrogen-bond donors (Lipinski definition) is 1. The molecule has 4 aromatic rings. The average molecular weight is 645 g/mol. The van der Waals surface area contributed by atoms with Crippen LogP contribution in [0.5, 0.6) is 5.75 Å². The molecule has 0 aliphatic carbocycles. The van der Waals surface area contributed by atoms with E-state index in [0.29, 0.717) is 11.6 Å². The molecule has 0 bridgehead atoms. The van der Waals surface area contributed by atoms with Crippen LogP contribution in [0.15, 0.2) is 120 Å². The first-order chi connectivity index (χ1) is 22.7. The fourth-order valence-electron chi connectivity index (χ4n) is 7.08. The molecule has 8 nitrogen and oxygen atoms in total. The van der Waals surface area contributed by atoms with Crippen LogP contribution >= 0.6 is 11.8 Å². The molecule has 0 spiro atoms. The molecule has 0 saturated carbocycles. The largest absolute Gasteiger partial charge is 0.497 e. The van der Waals surface area contributed by atoms with Crippen LogP contribution in [-0.4, -0.2) is 62.7 Å². The first-order valence-corrected chi connectivity index (χ1v) is 16.6. The summed E-state index contributed by atoms with van der Waals surface area (Å²) in [6.07, 6.45) is -0.296. The Hall–Kier alpha value is -4.73. The van der Waals surface area contributed by atoms with E-state index < -0.39 is 28.3 Å². The third-order valence-corrected chi connectivity index (χ3v) is 10.9. The zero-order chi connectivity index (χ0) is 32.8. The highest BCUT2D eigenvalue weighted by molar-refractivity contribution is 8.01. The van der Waals surface area contributed by atoms with E-state index in [1.807, 2.05) is 83.8 Å². The lowest BCUT2D eigenvalue weighted by Gasteiger charge is -2.50. The Labute approximate surface area is 278 Å². The van der Waals surface area contributed by atoms with Gasteiger partial charge in [0.25, 0.3) is 5.91 Å². The fraction of sp³-hybridized carbons (Fsp3) is 0.263. The summed E-state index contributed by atoms with van der Waals surface area (Å²) in [5.41, 5.74) is 3.09. The number of amidine groups is 1. The van der Waals surface area contributed by atoms with Crippen molar-refractivity contribution in [3.05, 3.63) is 138 Å². The summed E-state index contributed by atoms with van der Waals surface area (Å²) in [6.45, 7) is 4.35. The van der Waals surface area contributed by atoms with Gasteiger partial charge in [-0.2, -0.15) is 4.99 Å². The Morgan fingerprint density at radius 2 is 1.36 bits per heavy atom. The monoisotopic (exact) mass is 644 g/mol. The summed E-state index contributed by atoms with van der Waals surface area (Å²) in [7, 11) is 1.60. The highest BCUT2D eigenvalue weighted by Gasteiger charge is 2.65. The van der Waals surface area contributed by atoms with E-state index in [1.54, 1.807) is 23.8 Å². The Kier molecular flexibility index (Phi) is 7.98. The van der Waals surface area contributed by atoms with Crippen molar-refractivity contribution in [3.63, 3.8) is 0 Å². The summed E-state index contributed by atoms with van der Waals surface area (Å²) in [6, 6.07) is 37.0. The Bertz CT molecular complexity index is 1730. The molecule has 3 aliphatic heterocycles. The van der Waals surface area contributed by atoms with Crippen molar-refractivity contribution in [2.75, 3.05) is 7.11 Å². The maximum atomic E-state index is 14.4. The predicted molar refractivity (Wildman–Crippen MR) is 183 cm³/mol. The second-order valence-corrected chi connectivity index (χ2v) is 14.4. The van der Waals surface area contributed by atoms with E-state index >= 15 is 0 Å². The SMILES string of the molecule is COc1ccc(CN2C(=O)CC(=O)N=C2C2N3C(=O)C(NC(c4ccccc4)(c4ccccc4)c4ccccc4)C3SC2(C)C)cc1. The van der Waals surface area contributed by atoms with E-state index in [2.05, 4.69) is 60.6 Å². The van der Waals surface area contributed by atoms with Gasteiger partial charge in [-0.3, -0.25) is 24.6 Å². The zero-order valence-corrected chi connectivity index (χ0v) is 27.3. The zero-order valence-electron chi connectivity index (χ0n) is 26.5. The maximum Gasteiger partial charge on any atom is 0.256 e. The van der Waals surface area contributed by atoms with Crippen LogP contribution in [-0.2, 0) is 26.5 Å². The third kappa shape index (κ3) is 5.33. The number of amides is 3. The number of ether oxygens (including phenoxy) is 1. The molecule has 2 saturated heterocycles. The van der Waals surface area contributed by atoms with Gasteiger partial charge in [-0.25, -0.2) is 0 Å². The fourth-order valence-corrected chi connectivity index (χ4v) is 8.71. The van der Waals surface area contributed by atoms with E-state index in [1.165, 1.54) is 0 Å². The molecule has 1 N–H and O–H groups in total. The number of thioether (sulfide) groups is 1. The summed E-state index contributed by atoms with van der Waals surface area (Å²) in [5, 5.41) is 3.61. The lowest BCUT2D eigenvalue weighted by molar-refractivity contribution is -0.148. The summed E-state index contributed by atoms with van der Waals surface area (Å²) in [5.74, 6) is 0.136. The van der Waals surface area contributed by atoms with Gasteiger partial charge in [0.1, 0.15) is 35.5 Å². The van der Waals surface area contributed by atoms with Gasteiger partial charge < -0.3 is 9.64 Å². The topological polar surface area (TPSA) is 91.3 Å². The molecule has 47 heavy (non-hydrogen) atoms. The van der Waals surface area contributed by atoms with E-state index in [4.69, 9.17) is 4.74 Å². The van der Waals surface area contributed by atoms with Crippen LogP contribution in [0, 0.1) is 0 Å². The first kappa shape index (κ1) is 30.9. The number of carbonyl (C=O) groups excluding carboxylic acids is 3. The molecule has 238 valence electrons. The van der Waals surface area contributed by atoms with Crippen LogP contribution in [0.4, 0.5) is 0 Å². The molecule has 3 amide bonds. The average Bonchev–Trinajstić information content (AvgIpc) is 3.35. The Morgan fingerprint density at radius 3 is 1.87 bits per heavy atom. The minimum Gasteiger partial charge on any atom is -0.497 e. The number of benzene rings is 4. The number of carbonyl (C=O) groups is 3. The second kappa shape index (κ2) is 12.1. The lowest BCUT2D eigenvalue weighted by Crippen LogP contribution is -2.73. The number of methoxy groups -OCH3 is 1. The van der Waals surface area contributed by atoms with Crippen LogP contribution in [0.25, 0.3) is 0 Å². The van der Waals surface area contributed by atoms with Gasteiger partial charge in [-0.1, -0.05) is 103 Å². The molecule has 3 unspecified atom stereocenters. The highest BCUT2D eigenvalue weighted by Crippen LogP contribution is 2.53. The van der Waals surface area contributed by atoms with Crippen molar-refractivity contribution in [1.82, 2.24) is 15.1 Å². The molecule has 4 aromatic carbocycles. The molecule has 3 aliphatic rings. The Morgan fingerprint density at radius 1 is 0.830 bits per heavy atom. The number of rotatable bonds is 9. The molecular weight excluding hydrogens is 609 g/mol. The minimum atomic E-state index is -0.826. The Balaban J connectivity index is 1.26.